The molecule has 2 aromatic rings. The van der Waals surface area contributed by atoms with Crippen LogP contribution in [0.4, 0.5) is 0 Å². The van der Waals surface area contributed by atoms with Crippen LogP contribution in [0.3, 0.4) is 0 Å². The van der Waals surface area contributed by atoms with E-state index >= 15 is 0 Å². The lowest BCUT2D eigenvalue weighted by atomic mass is 9.96. The van der Waals surface area contributed by atoms with Crippen molar-refractivity contribution in [3.63, 3.8) is 0 Å². The molecule has 1 amide bonds. The molecule has 2 rings (SSSR count). The van der Waals surface area contributed by atoms with Crippen LogP contribution in [-0.2, 0) is 0 Å². The fraction of sp³-hybridized carbons (Fsp3) is 0.312. The molecule has 0 aliphatic carbocycles. The number of rotatable bonds is 3. The molecule has 20 heavy (non-hydrogen) atoms. The van der Waals surface area contributed by atoms with Gasteiger partial charge in [-0.25, -0.2) is 9.97 Å². The molecule has 0 radical (unpaired) electrons. The zero-order valence-corrected chi connectivity index (χ0v) is 12.3. The Kier molecular flexibility index (Phi) is 3.84. The van der Waals surface area contributed by atoms with E-state index in [0.29, 0.717) is 5.92 Å². The SMILES string of the molecule is Cc1cc(-c2cc(C(C)C)ccc2C)nc(C(N)=O)n1. The van der Waals surface area contributed by atoms with Crippen LogP contribution in [0.5, 0.6) is 0 Å². The third kappa shape index (κ3) is 2.85. The molecule has 0 aliphatic rings. The van der Waals surface area contributed by atoms with Crippen LogP contribution < -0.4 is 5.73 Å². The van der Waals surface area contributed by atoms with E-state index in [-0.39, 0.29) is 5.82 Å². The van der Waals surface area contributed by atoms with Crippen molar-refractivity contribution in [2.75, 3.05) is 0 Å². The van der Waals surface area contributed by atoms with Crippen LogP contribution in [0.1, 0.15) is 47.2 Å². The smallest absolute Gasteiger partial charge is 0.286 e. The highest BCUT2D eigenvalue weighted by atomic mass is 16.1. The molecule has 1 heterocycles. The van der Waals surface area contributed by atoms with Gasteiger partial charge in [0.05, 0.1) is 5.69 Å². The van der Waals surface area contributed by atoms with Crippen LogP contribution in [0, 0.1) is 13.8 Å². The molecule has 0 saturated heterocycles. The van der Waals surface area contributed by atoms with Crippen LogP contribution in [0.2, 0.25) is 0 Å². The molecule has 0 atom stereocenters. The maximum Gasteiger partial charge on any atom is 0.286 e. The van der Waals surface area contributed by atoms with Crippen LogP contribution >= 0.6 is 0 Å². The van der Waals surface area contributed by atoms with Gasteiger partial charge < -0.3 is 5.73 Å². The Morgan fingerprint density at radius 3 is 2.45 bits per heavy atom. The van der Waals surface area contributed by atoms with Gasteiger partial charge in [-0.05, 0) is 43.0 Å². The second kappa shape index (κ2) is 5.41. The van der Waals surface area contributed by atoms with E-state index in [0.717, 1.165) is 22.5 Å². The van der Waals surface area contributed by atoms with E-state index in [1.54, 1.807) is 0 Å². The van der Waals surface area contributed by atoms with Crippen molar-refractivity contribution >= 4 is 5.91 Å². The fourth-order valence-electron chi connectivity index (χ4n) is 2.09. The third-order valence-corrected chi connectivity index (χ3v) is 3.28. The zero-order chi connectivity index (χ0) is 14.9. The number of benzene rings is 1. The highest BCUT2D eigenvalue weighted by Crippen LogP contribution is 2.26. The molecule has 0 unspecified atom stereocenters. The number of amides is 1. The minimum Gasteiger partial charge on any atom is -0.363 e. The number of aromatic nitrogens is 2. The summed E-state index contributed by atoms with van der Waals surface area (Å²) in [6, 6.07) is 8.18. The fourth-order valence-corrected chi connectivity index (χ4v) is 2.09. The van der Waals surface area contributed by atoms with Crippen LogP contribution in [0.15, 0.2) is 24.3 Å². The number of carbonyl (C=O) groups is 1. The second-order valence-corrected chi connectivity index (χ2v) is 5.31. The minimum absolute atomic E-state index is 0.0642. The predicted octanol–water partition coefficient (Wildman–Crippen LogP) is 2.98. The molecule has 0 fully saturated rings. The maximum atomic E-state index is 11.3. The first-order valence-electron chi connectivity index (χ1n) is 6.65. The van der Waals surface area contributed by atoms with Crippen molar-refractivity contribution in [3.8, 4) is 11.3 Å². The van der Waals surface area contributed by atoms with Gasteiger partial charge in [0.15, 0.2) is 0 Å². The van der Waals surface area contributed by atoms with Gasteiger partial charge in [-0.15, -0.1) is 0 Å². The summed E-state index contributed by atoms with van der Waals surface area (Å²) >= 11 is 0. The Bertz CT molecular complexity index is 663. The maximum absolute atomic E-state index is 11.3. The van der Waals surface area contributed by atoms with Gasteiger partial charge in [0.2, 0.25) is 5.82 Å². The van der Waals surface area contributed by atoms with Gasteiger partial charge in [-0.1, -0.05) is 26.0 Å². The summed E-state index contributed by atoms with van der Waals surface area (Å²) in [7, 11) is 0. The summed E-state index contributed by atoms with van der Waals surface area (Å²) in [5, 5.41) is 0. The van der Waals surface area contributed by atoms with Crippen molar-refractivity contribution in [1.82, 2.24) is 9.97 Å². The highest BCUT2D eigenvalue weighted by molar-refractivity contribution is 5.89. The molecule has 0 spiro atoms. The number of aryl methyl sites for hydroxylation is 2. The first kappa shape index (κ1) is 14.2. The summed E-state index contributed by atoms with van der Waals surface area (Å²) in [6.07, 6.45) is 0. The molecule has 4 heteroatoms. The van der Waals surface area contributed by atoms with E-state index in [2.05, 4.69) is 42.0 Å². The molecule has 0 aliphatic heterocycles. The average molecular weight is 269 g/mol. The normalized spacial score (nSPS) is 10.8. The largest absolute Gasteiger partial charge is 0.363 e. The molecule has 4 nitrogen and oxygen atoms in total. The van der Waals surface area contributed by atoms with Gasteiger partial charge >= 0.3 is 0 Å². The molecule has 104 valence electrons. The number of primary amides is 1. The topological polar surface area (TPSA) is 68.9 Å². The number of nitrogens with zero attached hydrogens (tertiary/aromatic N) is 2. The quantitative estimate of drug-likeness (QED) is 0.931. The first-order valence-corrected chi connectivity index (χ1v) is 6.65. The number of hydrogen-bond donors (Lipinski definition) is 1. The van der Waals surface area contributed by atoms with Crippen molar-refractivity contribution in [3.05, 3.63) is 46.9 Å². The highest BCUT2D eigenvalue weighted by Gasteiger charge is 2.12. The summed E-state index contributed by atoms with van der Waals surface area (Å²) in [5.74, 6) is -0.102. The Morgan fingerprint density at radius 2 is 1.85 bits per heavy atom. The van der Waals surface area contributed by atoms with E-state index in [1.165, 1.54) is 5.56 Å². The zero-order valence-electron chi connectivity index (χ0n) is 12.3. The van der Waals surface area contributed by atoms with Crippen LogP contribution in [0.25, 0.3) is 11.3 Å². The van der Waals surface area contributed by atoms with E-state index in [4.69, 9.17) is 5.73 Å². The Hall–Kier alpha value is -2.23. The first-order chi connectivity index (χ1) is 9.38. The summed E-state index contributed by atoms with van der Waals surface area (Å²) < 4.78 is 0. The van der Waals surface area contributed by atoms with Gasteiger partial charge in [-0.3, -0.25) is 4.79 Å². The molecule has 2 N–H and O–H groups in total. The van der Waals surface area contributed by atoms with Gasteiger partial charge in [-0.2, -0.15) is 0 Å². The Morgan fingerprint density at radius 1 is 1.15 bits per heavy atom. The van der Waals surface area contributed by atoms with Crippen molar-refractivity contribution < 1.29 is 4.79 Å². The van der Waals surface area contributed by atoms with E-state index < -0.39 is 5.91 Å². The summed E-state index contributed by atoms with van der Waals surface area (Å²) in [5.41, 5.74) is 10.1. The molecular formula is C16H19N3O. The Balaban J connectivity index is 2.61. The summed E-state index contributed by atoms with van der Waals surface area (Å²) in [4.78, 5) is 19.6. The second-order valence-electron chi connectivity index (χ2n) is 5.31. The van der Waals surface area contributed by atoms with Crippen molar-refractivity contribution in [2.45, 2.75) is 33.6 Å². The van der Waals surface area contributed by atoms with Gasteiger partial charge in [0.1, 0.15) is 0 Å². The van der Waals surface area contributed by atoms with Gasteiger partial charge in [0.25, 0.3) is 5.91 Å². The standard InChI is InChI=1S/C16H19N3O/c1-9(2)12-6-5-10(3)13(8-12)14-7-11(4)18-16(19-14)15(17)20/h5-9H,1-4H3,(H2,17,20). The van der Waals surface area contributed by atoms with Gasteiger partial charge in [0, 0.05) is 11.3 Å². The molecule has 1 aromatic carbocycles. The minimum atomic E-state index is -0.604. The lowest BCUT2D eigenvalue weighted by Gasteiger charge is -2.12. The lowest BCUT2D eigenvalue weighted by molar-refractivity contribution is 0.0990. The average Bonchev–Trinajstić information content (AvgIpc) is 2.38. The Labute approximate surface area is 119 Å². The third-order valence-electron chi connectivity index (χ3n) is 3.28. The molecule has 1 aromatic heterocycles. The van der Waals surface area contributed by atoms with Crippen molar-refractivity contribution in [2.24, 2.45) is 5.73 Å². The summed E-state index contributed by atoms with van der Waals surface area (Å²) in [6.45, 7) is 8.16. The molecule has 0 bridgehead atoms. The number of hydrogen-bond acceptors (Lipinski definition) is 3. The monoisotopic (exact) mass is 269 g/mol. The van der Waals surface area contributed by atoms with E-state index in [9.17, 15) is 4.79 Å². The van der Waals surface area contributed by atoms with E-state index in [1.807, 2.05) is 19.9 Å². The predicted molar refractivity (Wildman–Crippen MR) is 79.5 cm³/mol. The lowest BCUT2D eigenvalue weighted by Crippen LogP contribution is -2.16. The number of carbonyl (C=O) groups excluding carboxylic acids is 1. The van der Waals surface area contributed by atoms with Crippen LogP contribution in [-0.4, -0.2) is 15.9 Å². The molecular weight excluding hydrogens is 250 g/mol. The van der Waals surface area contributed by atoms with Crippen molar-refractivity contribution in [1.29, 1.82) is 0 Å². The molecule has 0 saturated carbocycles. The number of nitrogens with two attached hydrogens (primary N) is 1.